The van der Waals surface area contributed by atoms with Crippen molar-refractivity contribution in [1.82, 2.24) is 15.0 Å². The molecule has 0 saturated carbocycles. The zero-order chi connectivity index (χ0) is 24.7. The van der Waals surface area contributed by atoms with Gasteiger partial charge in [-0.3, -0.25) is 14.2 Å². The Labute approximate surface area is 221 Å². The van der Waals surface area contributed by atoms with Gasteiger partial charge in [-0.05, 0) is 112 Å². The van der Waals surface area contributed by atoms with Crippen molar-refractivity contribution in [1.29, 1.82) is 0 Å². The van der Waals surface area contributed by atoms with E-state index < -0.39 is 0 Å². The second-order valence-electron chi connectivity index (χ2n) is 8.27. The third kappa shape index (κ3) is 4.57. The molecular formula is C25H20Br2N4O3S. The molecule has 0 fully saturated rings. The van der Waals surface area contributed by atoms with Gasteiger partial charge in [0.15, 0.2) is 0 Å². The first-order valence-electron chi connectivity index (χ1n) is 11.0. The number of hydrazone groups is 1. The van der Waals surface area contributed by atoms with E-state index in [2.05, 4.69) is 42.4 Å². The van der Waals surface area contributed by atoms with Crippen molar-refractivity contribution in [2.24, 2.45) is 5.10 Å². The van der Waals surface area contributed by atoms with Crippen LogP contribution in [0.4, 0.5) is 0 Å². The van der Waals surface area contributed by atoms with Gasteiger partial charge in [-0.15, -0.1) is 11.3 Å². The van der Waals surface area contributed by atoms with Crippen LogP contribution in [0.2, 0.25) is 0 Å². The van der Waals surface area contributed by atoms with E-state index in [9.17, 15) is 14.7 Å². The number of nitrogens with one attached hydrogen (secondary N) is 1. The van der Waals surface area contributed by atoms with Crippen LogP contribution >= 0.6 is 43.2 Å². The smallest absolute Gasteiger partial charge is 0.271 e. The molecule has 178 valence electrons. The number of hydrogen-bond acceptors (Lipinski definition) is 6. The van der Waals surface area contributed by atoms with Gasteiger partial charge >= 0.3 is 0 Å². The molecule has 10 heteroatoms. The van der Waals surface area contributed by atoms with E-state index in [1.165, 1.54) is 11.1 Å². The standard InChI is InChI=1S/C25H20Br2N4O3S/c1-13-29-24-21(17-4-2-3-5-20(17)35-24)25(34)31(13)16-8-6-15(7-9-16)23(33)30-28-12-14-10-18(26)22(32)19(27)11-14/h6-12,32H,2-5H2,1H3,(H,30,33)/b28-12-. The molecule has 0 atom stereocenters. The maximum Gasteiger partial charge on any atom is 0.271 e. The number of carbonyl (C=O) groups excluding carboxylic acids is 1. The molecule has 0 saturated heterocycles. The van der Waals surface area contributed by atoms with Crippen molar-refractivity contribution in [3.8, 4) is 11.4 Å². The number of benzene rings is 2. The van der Waals surface area contributed by atoms with Gasteiger partial charge in [0.1, 0.15) is 16.4 Å². The highest BCUT2D eigenvalue weighted by molar-refractivity contribution is 9.11. The number of amides is 1. The number of carbonyl (C=O) groups is 1. The first-order chi connectivity index (χ1) is 16.8. The largest absolute Gasteiger partial charge is 0.506 e. The Morgan fingerprint density at radius 1 is 1.17 bits per heavy atom. The fourth-order valence-corrected chi connectivity index (χ4v) is 6.78. The molecule has 5 rings (SSSR count). The molecule has 2 aromatic carbocycles. The lowest BCUT2D eigenvalue weighted by molar-refractivity contribution is 0.0955. The van der Waals surface area contributed by atoms with Gasteiger partial charge in [0.25, 0.3) is 11.5 Å². The Morgan fingerprint density at radius 2 is 1.86 bits per heavy atom. The second-order valence-corrected chi connectivity index (χ2v) is 11.1. The summed E-state index contributed by atoms with van der Waals surface area (Å²) in [7, 11) is 0. The lowest BCUT2D eigenvalue weighted by Gasteiger charge is -2.12. The topological polar surface area (TPSA) is 96.6 Å². The quantitative estimate of drug-likeness (QED) is 0.230. The lowest BCUT2D eigenvalue weighted by atomic mass is 9.97. The van der Waals surface area contributed by atoms with Crippen LogP contribution in [0.5, 0.6) is 5.75 Å². The lowest BCUT2D eigenvalue weighted by Crippen LogP contribution is -2.23. The minimum Gasteiger partial charge on any atom is -0.506 e. The number of nitrogens with zero attached hydrogens (tertiary/aromatic N) is 3. The highest BCUT2D eigenvalue weighted by Gasteiger charge is 2.21. The number of phenols is 1. The minimum atomic E-state index is -0.380. The Bertz CT molecular complexity index is 1530. The van der Waals surface area contributed by atoms with Crippen LogP contribution in [-0.2, 0) is 12.8 Å². The summed E-state index contributed by atoms with van der Waals surface area (Å²) in [4.78, 5) is 32.8. The molecule has 35 heavy (non-hydrogen) atoms. The van der Waals surface area contributed by atoms with Crippen LogP contribution in [-0.4, -0.2) is 26.8 Å². The van der Waals surface area contributed by atoms with Crippen LogP contribution in [0, 0.1) is 6.92 Å². The van der Waals surface area contributed by atoms with E-state index in [1.54, 1.807) is 52.3 Å². The maximum atomic E-state index is 13.5. The molecular weight excluding hydrogens is 596 g/mol. The molecule has 1 amide bonds. The number of fused-ring (bicyclic) bond motifs is 3. The molecule has 4 aromatic rings. The summed E-state index contributed by atoms with van der Waals surface area (Å²) in [5, 5.41) is 14.5. The highest BCUT2D eigenvalue weighted by atomic mass is 79.9. The number of aromatic nitrogens is 2. The number of phenolic OH excluding ortho intramolecular Hbond substituents is 1. The molecule has 1 aliphatic carbocycles. The molecule has 7 nitrogen and oxygen atoms in total. The maximum absolute atomic E-state index is 13.5. The molecule has 2 aromatic heterocycles. The molecule has 0 aliphatic heterocycles. The van der Waals surface area contributed by atoms with E-state index in [4.69, 9.17) is 4.98 Å². The van der Waals surface area contributed by atoms with Gasteiger partial charge < -0.3 is 5.11 Å². The molecule has 0 unspecified atom stereocenters. The van der Waals surface area contributed by atoms with E-state index in [0.29, 0.717) is 31.6 Å². The molecule has 0 bridgehead atoms. The fraction of sp³-hybridized carbons (Fsp3) is 0.200. The van der Waals surface area contributed by atoms with Gasteiger partial charge in [-0.2, -0.15) is 5.10 Å². The van der Waals surface area contributed by atoms with E-state index in [0.717, 1.165) is 41.5 Å². The minimum absolute atomic E-state index is 0.0556. The predicted octanol–water partition coefficient (Wildman–Crippen LogP) is 5.63. The Kier molecular flexibility index (Phi) is 6.61. The van der Waals surface area contributed by atoms with Crippen molar-refractivity contribution in [2.45, 2.75) is 32.6 Å². The number of thiophene rings is 1. The monoisotopic (exact) mass is 614 g/mol. The summed E-state index contributed by atoms with van der Waals surface area (Å²) in [5.74, 6) is 0.331. The second kappa shape index (κ2) is 9.67. The van der Waals surface area contributed by atoms with Gasteiger partial charge in [-0.25, -0.2) is 10.4 Å². The molecule has 2 N–H and O–H groups in total. The molecule has 2 heterocycles. The highest BCUT2D eigenvalue weighted by Crippen LogP contribution is 2.34. The van der Waals surface area contributed by atoms with Crippen molar-refractivity contribution in [3.05, 3.63) is 83.1 Å². The first kappa shape index (κ1) is 23.9. The average molecular weight is 616 g/mol. The number of aryl methyl sites for hydroxylation is 3. The summed E-state index contributed by atoms with van der Waals surface area (Å²) in [6.07, 6.45) is 5.67. The van der Waals surface area contributed by atoms with Gasteiger partial charge in [0.05, 0.1) is 26.2 Å². The van der Waals surface area contributed by atoms with Crippen LogP contribution < -0.4 is 11.0 Å². The predicted molar refractivity (Wildman–Crippen MR) is 145 cm³/mol. The SMILES string of the molecule is Cc1nc2sc3c(c2c(=O)n1-c1ccc(C(=O)N/N=C\c2cc(Br)c(O)c(Br)c2)cc1)CCCC3. The third-order valence-electron chi connectivity index (χ3n) is 5.96. The zero-order valence-corrected chi connectivity index (χ0v) is 22.6. The van der Waals surface area contributed by atoms with E-state index in [-0.39, 0.29) is 17.2 Å². The Balaban J connectivity index is 1.38. The molecule has 0 spiro atoms. The van der Waals surface area contributed by atoms with Crippen LogP contribution in [0.15, 0.2) is 55.2 Å². The van der Waals surface area contributed by atoms with Crippen molar-refractivity contribution >= 4 is 65.5 Å². The van der Waals surface area contributed by atoms with E-state index in [1.807, 2.05) is 6.92 Å². The van der Waals surface area contributed by atoms with Gasteiger partial charge in [-0.1, -0.05) is 0 Å². The Hall–Kier alpha value is -2.82. The first-order valence-corrected chi connectivity index (χ1v) is 13.4. The normalized spacial score (nSPS) is 13.3. The molecule has 1 aliphatic rings. The number of rotatable bonds is 4. The summed E-state index contributed by atoms with van der Waals surface area (Å²) in [5.41, 5.74) is 5.35. The Morgan fingerprint density at radius 3 is 2.57 bits per heavy atom. The summed E-state index contributed by atoms with van der Waals surface area (Å²) < 4.78 is 2.64. The van der Waals surface area contributed by atoms with Gasteiger partial charge in [0, 0.05) is 10.4 Å². The van der Waals surface area contributed by atoms with Crippen LogP contribution in [0.3, 0.4) is 0 Å². The van der Waals surface area contributed by atoms with Crippen molar-refractivity contribution in [2.75, 3.05) is 0 Å². The summed E-state index contributed by atoms with van der Waals surface area (Å²) in [6.45, 7) is 1.83. The number of hydrogen-bond donors (Lipinski definition) is 2. The molecule has 0 radical (unpaired) electrons. The number of halogens is 2. The van der Waals surface area contributed by atoms with Crippen molar-refractivity contribution < 1.29 is 9.90 Å². The summed E-state index contributed by atoms with van der Waals surface area (Å²) in [6, 6.07) is 10.2. The number of aromatic hydroxyl groups is 1. The van der Waals surface area contributed by atoms with E-state index >= 15 is 0 Å². The van der Waals surface area contributed by atoms with Gasteiger partial charge in [0.2, 0.25) is 0 Å². The zero-order valence-electron chi connectivity index (χ0n) is 18.6. The summed E-state index contributed by atoms with van der Waals surface area (Å²) >= 11 is 8.16. The van der Waals surface area contributed by atoms with Crippen molar-refractivity contribution in [3.63, 3.8) is 0 Å². The third-order valence-corrected chi connectivity index (χ3v) is 8.36. The fourth-order valence-electron chi connectivity index (χ4n) is 4.26. The van der Waals surface area contributed by atoms with Crippen LogP contribution in [0.1, 0.15) is 45.0 Å². The van der Waals surface area contributed by atoms with Crippen LogP contribution in [0.25, 0.3) is 15.9 Å². The average Bonchev–Trinajstić information content (AvgIpc) is 3.21.